The van der Waals surface area contributed by atoms with E-state index < -0.39 is 5.91 Å². The summed E-state index contributed by atoms with van der Waals surface area (Å²) >= 11 is 1.41. The van der Waals surface area contributed by atoms with Crippen LogP contribution in [0.5, 0.6) is 5.75 Å². The highest BCUT2D eigenvalue weighted by atomic mass is 32.2. The van der Waals surface area contributed by atoms with Crippen LogP contribution in [-0.2, 0) is 9.59 Å². The number of rotatable bonds is 12. The average Bonchev–Trinajstić information content (AvgIpc) is 3.03. The second-order valence-electron chi connectivity index (χ2n) is 10.4. The van der Waals surface area contributed by atoms with Crippen LogP contribution in [0.25, 0.3) is 6.08 Å². The molecule has 4 aromatic carbocycles. The van der Waals surface area contributed by atoms with Crippen molar-refractivity contribution in [2.75, 3.05) is 17.2 Å². The number of amides is 3. The van der Waals surface area contributed by atoms with Gasteiger partial charge in [-0.1, -0.05) is 56.3 Å². The molecule has 8 heteroatoms. The molecular weight excluding hydrogens is 570 g/mol. The molecule has 0 spiro atoms. The number of benzene rings is 4. The number of carbonyl (C=O) groups excluding carboxylic acids is 3. The minimum atomic E-state index is -0.453. The summed E-state index contributed by atoms with van der Waals surface area (Å²) in [5.41, 5.74) is 3.79. The Hall–Kier alpha value is -4.82. The van der Waals surface area contributed by atoms with E-state index >= 15 is 0 Å². The maximum absolute atomic E-state index is 13.4. The number of ether oxygens (including phenoxy) is 1. The Bertz CT molecular complexity index is 1580. The summed E-state index contributed by atoms with van der Waals surface area (Å²) < 4.78 is 5.45. The van der Waals surface area contributed by atoms with Gasteiger partial charge in [-0.2, -0.15) is 0 Å². The Morgan fingerprint density at radius 1 is 0.773 bits per heavy atom. The zero-order valence-electron chi connectivity index (χ0n) is 25.3. The Balaban J connectivity index is 1.41. The van der Waals surface area contributed by atoms with E-state index in [1.54, 1.807) is 42.5 Å². The molecular formula is C36H37N3O4S. The Morgan fingerprint density at radius 3 is 2.00 bits per heavy atom. The third-order valence-corrected chi connectivity index (χ3v) is 7.78. The molecule has 4 rings (SSSR count). The van der Waals surface area contributed by atoms with Crippen molar-refractivity contribution in [1.82, 2.24) is 5.32 Å². The van der Waals surface area contributed by atoms with E-state index in [4.69, 9.17) is 4.74 Å². The second-order valence-corrected chi connectivity index (χ2v) is 11.8. The van der Waals surface area contributed by atoms with Crippen LogP contribution in [0.2, 0.25) is 0 Å². The van der Waals surface area contributed by atoms with Crippen molar-refractivity contribution in [3.63, 3.8) is 0 Å². The number of thioether (sulfide) groups is 1. The number of anilines is 2. The summed E-state index contributed by atoms with van der Waals surface area (Å²) in [5.74, 6) is 0.176. The molecule has 1 atom stereocenters. The molecule has 3 N–H and O–H groups in total. The van der Waals surface area contributed by atoms with Crippen LogP contribution in [0, 0.1) is 0 Å². The lowest BCUT2D eigenvalue weighted by atomic mass is 10.0. The van der Waals surface area contributed by atoms with Crippen LogP contribution in [-0.4, -0.2) is 29.6 Å². The van der Waals surface area contributed by atoms with E-state index in [0.29, 0.717) is 29.5 Å². The van der Waals surface area contributed by atoms with E-state index in [1.165, 1.54) is 17.3 Å². The van der Waals surface area contributed by atoms with E-state index in [1.807, 2.05) is 80.6 Å². The summed E-state index contributed by atoms with van der Waals surface area (Å²) in [6.45, 7) is 8.57. The highest BCUT2D eigenvalue weighted by Gasteiger charge is 2.17. The molecule has 226 valence electrons. The molecule has 1 unspecified atom stereocenters. The highest BCUT2D eigenvalue weighted by Crippen LogP contribution is 2.26. The maximum Gasteiger partial charge on any atom is 0.272 e. The van der Waals surface area contributed by atoms with Gasteiger partial charge in [0.25, 0.3) is 11.8 Å². The predicted octanol–water partition coefficient (Wildman–Crippen LogP) is 7.74. The quantitative estimate of drug-likeness (QED) is 0.113. The predicted molar refractivity (Wildman–Crippen MR) is 179 cm³/mol. The summed E-state index contributed by atoms with van der Waals surface area (Å²) in [7, 11) is 0. The molecule has 7 nitrogen and oxygen atoms in total. The summed E-state index contributed by atoms with van der Waals surface area (Å²) in [6.07, 6.45) is 1.66. The molecule has 0 aromatic heterocycles. The number of hydrogen-bond donors (Lipinski definition) is 3. The molecule has 0 radical (unpaired) electrons. The Morgan fingerprint density at radius 2 is 1.39 bits per heavy atom. The zero-order valence-corrected chi connectivity index (χ0v) is 26.1. The molecule has 0 bridgehead atoms. The van der Waals surface area contributed by atoms with Gasteiger partial charge in [-0.3, -0.25) is 14.4 Å². The van der Waals surface area contributed by atoms with E-state index in [0.717, 1.165) is 16.2 Å². The van der Waals surface area contributed by atoms with Crippen LogP contribution in [0.1, 0.15) is 55.1 Å². The van der Waals surface area contributed by atoms with E-state index in [2.05, 4.69) is 29.8 Å². The smallest absolute Gasteiger partial charge is 0.272 e. The molecule has 0 heterocycles. The molecule has 0 aliphatic rings. The molecule has 0 fully saturated rings. The largest absolute Gasteiger partial charge is 0.494 e. The molecule has 0 aliphatic carbocycles. The topological polar surface area (TPSA) is 96.5 Å². The van der Waals surface area contributed by atoms with E-state index in [-0.39, 0.29) is 22.8 Å². The van der Waals surface area contributed by atoms with Crippen molar-refractivity contribution < 1.29 is 19.1 Å². The van der Waals surface area contributed by atoms with Gasteiger partial charge in [0.1, 0.15) is 11.4 Å². The zero-order chi connectivity index (χ0) is 31.5. The Kier molecular flexibility index (Phi) is 11.4. The number of carbonyl (C=O) groups is 3. The first-order chi connectivity index (χ1) is 21.2. The van der Waals surface area contributed by atoms with Crippen LogP contribution in [0.4, 0.5) is 11.4 Å². The van der Waals surface area contributed by atoms with Gasteiger partial charge in [0.15, 0.2) is 0 Å². The lowest BCUT2D eigenvalue weighted by Gasteiger charge is -2.14. The molecule has 0 saturated carbocycles. The third kappa shape index (κ3) is 9.34. The van der Waals surface area contributed by atoms with Crippen molar-refractivity contribution in [2.24, 2.45) is 0 Å². The fourth-order valence-corrected chi connectivity index (χ4v) is 5.07. The van der Waals surface area contributed by atoms with Gasteiger partial charge in [-0.15, -0.1) is 11.8 Å². The first kappa shape index (κ1) is 32.1. The first-order valence-electron chi connectivity index (χ1n) is 14.5. The van der Waals surface area contributed by atoms with E-state index in [9.17, 15) is 14.4 Å². The second kappa shape index (κ2) is 15.6. The normalized spacial score (nSPS) is 11.9. The first-order valence-corrected chi connectivity index (χ1v) is 15.4. The van der Waals surface area contributed by atoms with Crippen molar-refractivity contribution in [3.8, 4) is 5.75 Å². The van der Waals surface area contributed by atoms with Crippen LogP contribution >= 0.6 is 11.8 Å². The van der Waals surface area contributed by atoms with Crippen molar-refractivity contribution in [2.45, 2.75) is 43.8 Å². The van der Waals surface area contributed by atoms with Crippen molar-refractivity contribution in [3.05, 3.63) is 126 Å². The number of hydrogen-bond acceptors (Lipinski definition) is 5. The molecule has 0 saturated heterocycles. The Labute approximate surface area is 263 Å². The molecule has 4 aromatic rings. The SMILES string of the molecule is CCOc1ccc(NC(=O)C(C)Sc2ccc(NC(=O)/C(=C/c3ccc(C(C)C)cc3)NC(=O)c3ccccc3)cc2)cc1. The fraction of sp³-hybridized carbons (Fsp3) is 0.194. The van der Waals surface area contributed by atoms with Crippen LogP contribution in [0.15, 0.2) is 114 Å². The van der Waals surface area contributed by atoms with Gasteiger partial charge in [0.2, 0.25) is 5.91 Å². The van der Waals surface area contributed by atoms with Gasteiger partial charge < -0.3 is 20.7 Å². The molecule has 44 heavy (non-hydrogen) atoms. The van der Waals surface area contributed by atoms with Crippen molar-refractivity contribution >= 4 is 46.9 Å². The third-order valence-electron chi connectivity index (χ3n) is 6.67. The highest BCUT2D eigenvalue weighted by molar-refractivity contribution is 8.00. The summed E-state index contributed by atoms with van der Waals surface area (Å²) in [5, 5.41) is 8.22. The lowest BCUT2D eigenvalue weighted by Crippen LogP contribution is -2.30. The van der Waals surface area contributed by atoms with Gasteiger partial charge >= 0.3 is 0 Å². The summed E-state index contributed by atoms with van der Waals surface area (Å²) in [6, 6.07) is 31.1. The monoisotopic (exact) mass is 607 g/mol. The molecule has 3 amide bonds. The van der Waals surface area contributed by atoms with Gasteiger partial charge in [-0.05, 0) is 97.6 Å². The summed E-state index contributed by atoms with van der Waals surface area (Å²) in [4.78, 5) is 39.9. The fourth-order valence-electron chi connectivity index (χ4n) is 4.20. The van der Waals surface area contributed by atoms with Gasteiger partial charge in [-0.25, -0.2) is 0 Å². The van der Waals surface area contributed by atoms with Crippen LogP contribution < -0.4 is 20.7 Å². The number of nitrogens with one attached hydrogen (secondary N) is 3. The van der Waals surface area contributed by atoms with Crippen LogP contribution in [0.3, 0.4) is 0 Å². The minimum absolute atomic E-state index is 0.120. The average molecular weight is 608 g/mol. The minimum Gasteiger partial charge on any atom is -0.494 e. The standard InChI is InChI=1S/C36H37N3O4S/c1-5-43-31-19-15-29(16-20-31)37-34(40)25(4)44-32-21-17-30(18-22-32)38-36(42)33(39-35(41)28-9-7-6-8-10-28)23-26-11-13-27(14-12-26)24(2)3/h6-25H,5H2,1-4H3,(H,37,40)(H,38,42)(H,39,41)/b33-23-. The van der Waals surface area contributed by atoms with Gasteiger partial charge in [0.05, 0.1) is 11.9 Å². The van der Waals surface area contributed by atoms with Gasteiger partial charge in [0, 0.05) is 21.8 Å². The molecule has 0 aliphatic heterocycles. The maximum atomic E-state index is 13.4. The lowest BCUT2D eigenvalue weighted by molar-refractivity contribution is -0.115. The van der Waals surface area contributed by atoms with Crippen molar-refractivity contribution in [1.29, 1.82) is 0 Å².